The zero-order valence-corrected chi connectivity index (χ0v) is 25.7. The number of hydrogen-bond acceptors (Lipinski definition) is 6. The van der Waals surface area contributed by atoms with E-state index in [4.69, 9.17) is 19.6 Å². The molecule has 5 rings (SSSR count). The third kappa shape index (κ3) is 6.88. The average Bonchev–Trinajstić information content (AvgIpc) is 3.35. The van der Waals surface area contributed by atoms with Crippen LogP contribution in [0.2, 0.25) is 0 Å². The summed E-state index contributed by atoms with van der Waals surface area (Å²) in [6, 6.07) is 18.1. The number of amides is 2. The lowest BCUT2D eigenvalue weighted by molar-refractivity contribution is -0.119. The van der Waals surface area contributed by atoms with Crippen LogP contribution in [0.1, 0.15) is 63.9 Å². The normalized spacial score (nSPS) is 14.3. The molecule has 0 spiro atoms. The molecule has 0 saturated heterocycles. The quantitative estimate of drug-likeness (QED) is 0.272. The molecule has 1 aliphatic rings. The predicted molar refractivity (Wildman–Crippen MR) is 168 cm³/mol. The summed E-state index contributed by atoms with van der Waals surface area (Å²) >= 11 is 0. The van der Waals surface area contributed by atoms with Crippen molar-refractivity contribution in [1.82, 2.24) is 25.0 Å². The van der Waals surface area contributed by atoms with Gasteiger partial charge in [-0.15, -0.1) is 0 Å². The van der Waals surface area contributed by atoms with Crippen LogP contribution in [0, 0.1) is 0 Å². The molecule has 0 aliphatic carbocycles. The monoisotopic (exact) mass is 581 g/mol. The highest BCUT2D eigenvalue weighted by Crippen LogP contribution is 2.36. The van der Waals surface area contributed by atoms with E-state index in [1.54, 1.807) is 12.0 Å². The van der Waals surface area contributed by atoms with Gasteiger partial charge in [0.1, 0.15) is 11.4 Å². The highest BCUT2D eigenvalue weighted by molar-refractivity contribution is 6.00. The summed E-state index contributed by atoms with van der Waals surface area (Å²) < 4.78 is 12.9. The number of benzene rings is 2. The van der Waals surface area contributed by atoms with E-state index in [-0.39, 0.29) is 18.0 Å². The first-order chi connectivity index (χ1) is 20.5. The summed E-state index contributed by atoms with van der Waals surface area (Å²) in [6.07, 6.45) is 4.23. The topological polar surface area (TPSA) is 98.6 Å². The number of nitrogens with one attached hydrogen (secondary N) is 1. The molecule has 1 atom stereocenters. The summed E-state index contributed by atoms with van der Waals surface area (Å²) in [7, 11) is 1.66. The Bertz CT molecular complexity index is 1650. The number of nitrogens with zero attached hydrogens (tertiary/aromatic N) is 4. The van der Waals surface area contributed by atoms with Crippen molar-refractivity contribution in [2.45, 2.75) is 59.2 Å². The standard InChI is InChI=1S/C34H39N5O4/c1-22(36-23(2)40)25-9-11-26(12-10-25)29-15-18-35-32-30(29)31(37-39(32)21-24-7-13-28(42-6)14-8-24)27-16-19-38(20-17-27)33(41)43-34(3,4)5/h7-16,18,22H,17,19-21H2,1-6H3,(H,36,40)/t22-/m1/s1. The number of rotatable bonds is 7. The Morgan fingerprint density at radius 3 is 2.37 bits per heavy atom. The van der Waals surface area contributed by atoms with Crippen LogP contribution in [0.25, 0.3) is 27.7 Å². The van der Waals surface area contributed by atoms with Gasteiger partial charge >= 0.3 is 6.09 Å². The molecule has 0 unspecified atom stereocenters. The maximum atomic E-state index is 12.7. The van der Waals surface area contributed by atoms with Gasteiger partial charge in [-0.1, -0.05) is 42.5 Å². The van der Waals surface area contributed by atoms with E-state index in [9.17, 15) is 9.59 Å². The maximum absolute atomic E-state index is 12.7. The molecule has 0 radical (unpaired) electrons. The van der Waals surface area contributed by atoms with Crippen LogP contribution >= 0.6 is 0 Å². The van der Waals surface area contributed by atoms with Gasteiger partial charge in [-0.25, -0.2) is 14.5 Å². The minimum Gasteiger partial charge on any atom is -0.497 e. The molecule has 9 nitrogen and oxygen atoms in total. The number of ether oxygens (including phenoxy) is 2. The van der Waals surface area contributed by atoms with Crippen molar-refractivity contribution in [2.24, 2.45) is 0 Å². The Labute approximate surface area is 252 Å². The Morgan fingerprint density at radius 1 is 1.05 bits per heavy atom. The zero-order chi connectivity index (χ0) is 30.7. The number of carbonyl (C=O) groups is 2. The SMILES string of the molecule is COc1ccc(Cn2nc(C3=CCN(C(=O)OC(C)(C)C)CC3)c3c(-c4ccc([C@@H](C)NC(C)=O)cc4)ccnc32)cc1. The van der Waals surface area contributed by atoms with E-state index in [0.717, 1.165) is 50.3 Å². The number of methoxy groups -OCH3 is 1. The van der Waals surface area contributed by atoms with Gasteiger partial charge in [0.15, 0.2) is 5.65 Å². The third-order valence-corrected chi connectivity index (χ3v) is 7.43. The van der Waals surface area contributed by atoms with Gasteiger partial charge in [-0.3, -0.25) is 4.79 Å². The van der Waals surface area contributed by atoms with Crippen LogP contribution in [0.15, 0.2) is 66.9 Å². The van der Waals surface area contributed by atoms with Gasteiger partial charge in [-0.2, -0.15) is 5.10 Å². The molecule has 2 aromatic carbocycles. The van der Waals surface area contributed by atoms with Gasteiger partial charge in [0.05, 0.1) is 30.8 Å². The predicted octanol–water partition coefficient (Wildman–Crippen LogP) is 6.38. The van der Waals surface area contributed by atoms with Crippen LogP contribution in [0.4, 0.5) is 4.79 Å². The van der Waals surface area contributed by atoms with E-state index >= 15 is 0 Å². The van der Waals surface area contributed by atoms with E-state index in [1.807, 2.05) is 81.0 Å². The number of aromatic nitrogens is 3. The first kappa shape index (κ1) is 29.8. The lowest BCUT2D eigenvalue weighted by Gasteiger charge is -2.29. The first-order valence-electron chi connectivity index (χ1n) is 14.6. The summed E-state index contributed by atoms with van der Waals surface area (Å²) in [5.41, 5.74) is 6.33. The molecule has 1 N–H and O–H groups in total. The molecule has 2 aromatic heterocycles. The van der Waals surface area contributed by atoms with Gasteiger partial charge < -0.3 is 19.7 Å². The minimum atomic E-state index is -0.548. The van der Waals surface area contributed by atoms with Crippen molar-refractivity contribution in [3.63, 3.8) is 0 Å². The third-order valence-electron chi connectivity index (χ3n) is 7.43. The Hall–Kier alpha value is -4.66. The molecule has 0 bridgehead atoms. The highest BCUT2D eigenvalue weighted by atomic mass is 16.6. The molecule has 1 aliphatic heterocycles. The van der Waals surface area contributed by atoms with Crippen LogP contribution in [0.5, 0.6) is 5.75 Å². The van der Waals surface area contributed by atoms with E-state index in [0.29, 0.717) is 26.1 Å². The second kappa shape index (κ2) is 12.3. The maximum Gasteiger partial charge on any atom is 0.410 e. The zero-order valence-electron chi connectivity index (χ0n) is 25.7. The molecule has 3 heterocycles. The molecule has 0 saturated carbocycles. The lowest BCUT2D eigenvalue weighted by Crippen LogP contribution is -2.39. The van der Waals surface area contributed by atoms with Gasteiger partial charge in [0.25, 0.3) is 0 Å². The summed E-state index contributed by atoms with van der Waals surface area (Å²) in [6.45, 7) is 10.6. The van der Waals surface area contributed by atoms with Crippen molar-refractivity contribution < 1.29 is 19.1 Å². The van der Waals surface area contributed by atoms with E-state index in [1.165, 1.54) is 6.92 Å². The highest BCUT2D eigenvalue weighted by Gasteiger charge is 2.26. The van der Waals surface area contributed by atoms with Gasteiger partial charge in [0, 0.05) is 26.2 Å². The lowest BCUT2D eigenvalue weighted by atomic mass is 9.96. The van der Waals surface area contributed by atoms with Crippen molar-refractivity contribution >= 4 is 28.6 Å². The van der Waals surface area contributed by atoms with Crippen LogP contribution < -0.4 is 10.1 Å². The molecule has 43 heavy (non-hydrogen) atoms. The molecule has 4 aromatic rings. The average molecular weight is 582 g/mol. The Balaban J connectivity index is 1.54. The largest absolute Gasteiger partial charge is 0.497 e. The number of fused-ring (bicyclic) bond motifs is 1. The molecule has 2 amide bonds. The van der Waals surface area contributed by atoms with E-state index in [2.05, 4.69) is 23.5 Å². The Kier molecular flexibility index (Phi) is 8.52. The number of carbonyl (C=O) groups excluding carboxylic acids is 2. The minimum absolute atomic E-state index is 0.0627. The second-order valence-electron chi connectivity index (χ2n) is 11.9. The molecular weight excluding hydrogens is 542 g/mol. The molecule has 224 valence electrons. The van der Waals surface area contributed by atoms with Crippen molar-refractivity contribution in [2.75, 3.05) is 20.2 Å². The van der Waals surface area contributed by atoms with Crippen LogP contribution in [-0.4, -0.2) is 57.5 Å². The smallest absolute Gasteiger partial charge is 0.410 e. The number of hydrogen-bond donors (Lipinski definition) is 1. The molecular formula is C34H39N5O4. The van der Waals surface area contributed by atoms with Gasteiger partial charge in [-0.05, 0) is 80.1 Å². The fourth-order valence-electron chi connectivity index (χ4n) is 5.29. The fourth-order valence-corrected chi connectivity index (χ4v) is 5.29. The summed E-state index contributed by atoms with van der Waals surface area (Å²) in [5.74, 6) is 0.737. The van der Waals surface area contributed by atoms with Gasteiger partial charge in [0.2, 0.25) is 5.91 Å². The fraction of sp³-hybridized carbons (Fsp3) is 0.353. The molecule has 9 heteroatoms. The van der Waals surface area contributed by atoms with Crippen molar-refractivity contribution in [1.29, 1.82) is 0 Å². The van der Waals surface area contributed by atoms with Crippen LogP contribution in [0.3, 0.4) is 0 Å². The summed E-state index contributed by atoms with van der Waals surface area (Å²) in [5, 5.41) is 9.03. The summed E-state index contributed by atoms with van der Waals surface area (Å²) in [4.78, 5) is 30.8. The van der Waals surface area contributed by atoms with Crippen LogP contribution in [-0.2, 0) is 16.1 Å². The van der Waals surface area contributed by atoms with E-state index < -0.39 is 5.60 Å². The van der Waals surface area contributed by atoms with Crippen molar-refractivity contribution in [3.05, 3.63) is 83.7 Å². The number of pyridine rings is 1. The Morgan fingerprint density at radius 2 is 1.77 bits per heavy atom. The molecule has 0 fully saturated rings. The second-order valence-corrected chi connectivity index (χ2v) is 11.9. The first-order valence-corrected chi connectivity index (χ1v) is 14.6. The van der Waals surface area contributed by atoms with Crippen molar-refractivity contribution in [3.8, 4) is 16.9 Å².